The lowest BCUT2D eigenvalue weighted by molar-refractivity contribution is 0.171. The molecule has 1 heterocycles. The Morgan fingerprint density at radius 3 is 2.26 bits per heavy atom. The summed E-state index contributed by atoms with van der Waals surface area (Å²) in [6, 6.07) is 11.7. The minimum atomic E-state index is 0.221. The summed E-state index contributed by atoms with van der Waals surface area (Å²) in [6.07, 6.45) is 0. The molecule has 0 unspecified atom stereocenters. The number of hydrogen-bond acceptors (Lipinski definition) is 4. The van der Waals surface area contributed by atoms with Gasteiger partial charge >= 0.3 is 0 Å². The Labute approximate surface area is 111 Å². The van der Waals surface area contributed by atoms with Gasteiger partial charge in [-0.15, -0.1) is 0 Å². The van der Waals surface area contributed by atoms with Gasteiger partial charge in [0.05, 0.1) is 14.2 Å². The van der Waals surface area contributed by atoms with E-state index >= 15 is 0 Å². The molecule has 2 aromatic carbocycles. The number of methoxy groups -OCH3 is 2. The van der Waals surface area contributed by atoms with Gasteiger partial charge in [-0.05, 0) is 29.8 Å². The van der Waals surface area contributed by atoms with Gasteiger partial charge in [-0.25, -0.2) is 0 Å². The molecule has 0 aliphatic carbocycles. The Kier molecular flexibility index (Phi) is 2.91. The predicted octanol–water partition coefficient (Wildman–Crippen LogP) is 3.10. The van der Waals surface area contributed by atoms with Crippen molar-refractivity contribution in [3.05, 3.63) is 36.4 Å². The van der Waals surface area contributed by atoms with Gasteiger partial charge in [0.15, 0.2) is 11.5 Å². The van der Waals surface area contributed by atoms with E-state index in [2.05, 4.69) is 0 Å². The lowest BCUT2D eigenvalue weighted by atomic mass is 10.0. The molecule has 4 nitrogen and oxygen atoms in total. The van der Waals surface area contributed by atoms with Crippen LogP contribution in [0.5, 0.6) is 23.0 Å². The summed E-state index contributed by atoms with van der Waals surface area (Å²) in [4.78, 5) is 0. The van der Waals surface area contributed by atoms with Crippen LogP contribution in [0.25, 0.3) is 11.1 Å². The lowest BCUT2D eigenvalue weighted by Gasteiger charge is -2.09. The van der Waals surface area contributed by atoms with E-state index in [-0.39, 0.29) is 6.79 Å². The molecule has 19 heavy (non-hydrogen) atoms. The molecule has 4 heteroatoms. The summed E-state index contributed by atoms with van der Waals surface area (Å²) < 4.78 is 21.4. The molecule has 1 aliphatic heterocycles. The van der Waals surface area contributed by atoms with Gasteiger partial charge in [-0.1, -0.05) is 12.1 Å². The maximum absolute atomic E-state index is 5.55. The molecular weight excluding hydrogens is 244 g/mol. The average molecular weight is 258 g/mol. The molecule has 0 bridgehead atoms. The van der Waals surface area contributed by atoms with Crippen molar-refractivity contribution in [3.8, 4) is 34.1 Å². The standard InChI is InChI=1S/C15H14O4/c1-16-11-5-3-10(4-6-11)12-7-8-13(17-2)15-14(12)18-9-19-15/h3-8H,9H2,1-2H3. The highest BCUT2D eigenvalue weighted by Crippen LogP contribution is 2.47. The summed E-state index contributed by atoms with van der Waals surface area (Å²) >= 11 is 0. The molecular formula is C15H14O4. The van der Waals surface area contributed by atoms with Crippen LogP contribution < -0.4 is 18.9 Å². The predicted molar refractivity (Wildman–Crippen MR) is 71.1 cm³/mol. The highest BCUT2D eigenvalue weighted by atomic mass is 16.7. The smallest absolute Gasteiger partial charge is 0.231 e. The van der Waals surface area contributed by atoms with E-state index in [0.29, 0.717) is 11.5 Å². The Bertz CT molecular complexity index is 590. The van der Waals surface area contributed by atoms with Crippen molar-refractivity contribution in [3.63, 3.8) is 0 Å². The zero-order valence-electron chi connectivity index (χ0n) is 10.8. The lowest BCUT2D eigenvalue weighted by Crippen LogP contribution is -1.94. The number of ether oxygens (including phenoxy) is 4. The number of rotatable bonds is 3. The summed E-state index contributed by atoms with van der Waals surface area (Å²) in [5.74, 6) is 2.90. The first-order chi connectivity index (χ1) is 9.33. The maximum atomic E-state index is 5.55. The Hall–Kier alpha value is -2.36. The molecule has 0 saturated heterocycles. The molecule has 98 valence electrons. The first-order valence-corrected chi connectivity index (χ1v) is 5.94. The van der Waals surface area contributed by atoms with Crippen LogP contribution in [0.4, 0.5) is 0 Å². The quantitative estimate of drug-likeness (QED) is 0.847. The molecule has 3 rings (SSSR count). The normalized spacial score (nSPS) is 12.3. The van der Waals surface area contributed by atoms with Crippen LogP contribution >= 0.6 is 0 Å². The van der Waals surface area contributed by atoms with Crippen LogP contribution in [0.2, 0.25) is 0 Å². The molecule has 0 atom stereocenters. The van der Waals surface area contributed by atoms with Gasteiger partial charge < -0.3 is 18.9 Å². The third-order valence-electron chi connectivity index (χ3n) is 3.10. The molecule has 0 aromatic heterocycles. The number of fused-ring (bicyclic) bond motifs is 1. The molecule has 0 radical (unpaired) electrons. The summed E-state index contributed by atoms with van der Waals surface area (Å²) in [5.41, 5.74) is 2.03. The molecule has 0 spiro atoms. The summed E-state index contributed by atoms with van der Waals surface area (Å²) in [7, 11) is 3.27. The summed E-state index contributed by atoms with van der Waals surface area (Å²) in [5, 5.41) is 0. The fourth-order valence-corrected chi connectivity index (χ4v) is 2.13. The van der Waals surface area contributed by atoms with Gasteiger partial charge in [-0.2, -0.15) is 0 Å². The van der Waals surface area contributed by atoms with Crippen LogP contribution in [0.1, 0.15) is 0 Å². The third-order valence-corrected chi connectivity index (χ3v) is 3.10. The SMILES string of the molecule is COc1ccc(-c2ccc(OC)c3c2OCO3)cc1. The number of benzene rings is 2. The van der Waals surface area contributed by atoms with Gasteiger partial charge in [0.25, 0.3) is 0 Å². The topological polar surface area (TPSA) is 36.9 Å². The summed E-state index contributed by atoms with van der Waals surface area (Å²) in [6.45, 7) is 0.221. The van der Waals surface area contributed by atoms with Crippen molar-refractivity contribution < 1.29 is 18.9 Å². The maximum Gasteiger partial charge on any atom is 0.231 e. The Balaban J connectivity index is 2.07. The average Bonchev–Trinajstić information content (AvgIpc) is 2.96. The number of hydrogen-bond donors (Lipinski definition) is 0. The zero-order chi connectivity index (χ0) is 13.2. The Morgan fingerprint density at radius 2 is 1.58 bits per heavy atom. The van der Waals surface area contributed by atoms with E-state index in [9.17, 15) is 0 Å². The molecule has 0 fully saturated rings. The van der Waals surface area contributed by atoms with E-state index in [0.717, 1.165) is 22.6 Å². The van der Waals surface area contributed by atoms with Crippen molar-refractivity contribution in [1.29, 1.82) is 0 Å². The van der Waals surface area contributed by atoms with Crippen molar-refractivity contribution in [1.82, 2.24) is 0 Å². The van der Waals surface area contributed by atoms with E-state index < -0.39 is 0 Å². The van der Waals surface area contributed by atoms with Crippen molar-refractivity contribution in [2.24, 2.45) is 0 Å². The van der Waals surface area contributed by atoms with Crippen molar-refractivity contribution in [2.45, 2.75) is 0 Å². The molecule has 1 aliphatic rings. The second-order valence-electron chi connectivity index (χ2n) is 4.11. The molecule has 0 N–H and O–H groups in total. The van der Waals surface area contributed by atoms with Gasteiger partial charge in [-0.3, -0.25) is 0 Å². The van der Waals surface area contributed by atoms with E-state index in [4.69, 9.17) is 18.9 Å². The van der Waals surface area contributed by atoms with Gasteiger partial charge in [0, 0.05) is 5.56 Å². The molecule has 0 saturated carbocycles. The van der Waals surface area contributed by atoms with Crippen molar-refractivity contribution in [2.75, 3.05) is 21.0 Å². The van der Waals surface area contributed by atoms with Crippen LogP contribution in [-0.2, 0) is 0 Å². The fraction of sp³-hybridized carbons (Fsp3) is 0.200. The Morgan fingerprint density at radius 1 is 0.842 bits per heavy atom. The largest absolute Gasteiger partial charge is 0.497 e. The highest BCUT2D eigenvalue weighted by molar-refractivity contribution is 5.77. The highest BCUT2D eigenvalue weighted by Gasteiger charge is 2.23. The minimum Gasteiger partial charge on any atom is -0.497 e. The zero-order valence-corrected chi connectivity index (χ0v) is 10.8. The van der Waals surface area contributed by atoms with Crippen molar-refractivity contribution >= 4 is 0 Å². The second-order valence-corrected chi connectivity index (χ2v) is 4.11. The third kappa shape index (κ3) is 1.95. The van der Waals surface area contributed by atoms with Crippen LogP contribution in [0.3, 0.4) is 0 Å². The van der Waals surface area contributed by atoms with Crippen LogP contribution in [0.15, 0.2) is 36.4 Å². The van der Waals surface area contributed by atoms with E-state index in [1.807, 2.05) is 36.4 Å². The van der Waals surface area contributed by atoms with E-state index in [1.165, 1.54) is 0 Å². The first kappa shape index (κ1) is 11.7. The second kappa shape index (κ2) is 4.72. The molecule has 2 aromatic rings. The van der Waals surface area contributed by atoms with Gasteiger partial charge in [0.1, 0.15) is 5.75 Å². The molecule has 0 amide bonds. The minimum absolute atomic E-state index is 0.221. The van der Waals surface area contributed by atoms with Crippen LogP contribution in [-0.4, -0.2) is 21.0 Å². The van der Waals surface area contributed by atoms with Gasteiger partial charge in [0.2, 0.25) is 12.5 Å². The van der Waals surface area contributed by atoms with Crippen LogP contribution in [0, 0.1) is 0 Å². The monoisotopic (exact) mass is 258 g/mol. The first-order valence-electron chi connectivity index (χ1n) is 5.94. The van der Waals surface area contributed by atoms with E-state index in [1.54, 1.807) is 14.2 Å². The fourth-order valence-electron chi connectivity index (χ4n) is 2.13.